The zero-order chi connectivity index (χ0) is 28.7. The minimum absolute atomic E-state index is 1.25. The maximum absolute atomic E-state index is 2.65. The highest BCUT2D eigenvalue weighted by Gasteiger charge is 1.93. The van der Waals surface area contributed by atoms with E-state index in [2.05, 4.69) is 69.0 Å². The van der Waals surface area contributed by atoms with Crippen LogP contribution >= 0.6 is 18.8 Å². The summed E-state index contributed by atoms with van der Waals surface area (Å²) in [6.07, 6.45) is 5.32. The molecule has 35 heavy (non-hydrogen) atoms. The number of hydrogen-bond donors (Lipinski definition) is 0. The van der Waals surface area contributed by atoms with E-state index in [4.69, 9.17) is 0 Å². The third-order valence-electron chi connectivity index (χ3n) is 3.26. The van der Waals surface area contributed by atoms with Crippen LogP contribution in [0.5, 0.6) is 0 Å². The summed E-state index contributed by atoms with van der Waals surface area (Å²) in [5.41, 5.74) is 2.51. The summed E-state index contributed by atoms with van der Waals surface area (Å²) in [5.74, 6) is 0. The minimum atomic E-state index is 1.25. The van der Waals surface area contributed by atoms with Crippen LogP contribution in [0, 0.1) is 0 Å². The van der Waals surface area contributed by atoms with Crippen LogP contribution in [-0.4, -0.2) is 8.68 Å². The number of rotatable bonds is 0. The topological polar surface area (TPSA) is 9.86 Å². The maximum Gasteiger partial charge on any atom is 0.0509 e. The van der Waals surface area contributed by atoms with E-state index in [-0.39, 0.29) is 0 Å². The van der Waals surface area contributed by atoms with E-state index < -0.39 is 0 Å². The molecule has 0 radical (unpaired) electrons. The maximum atomic E-state index is 2.65. The average molecular weight is 523 g/mol. The molecule has 2 unspecified atom stereocenters. The summed E-state index contributed by atoms with van der Waals surface area (Å²) < 4.78 is 4.07. The van der Waals surface area contributed by atoms with Crippen LogP contribution in [0.1, 0.15) is 103 Å². The van der Waals surface area contributed by atoms with Gasteiger partial charge in [-0.3, -0.25) is 0 Å². The van der Waals surface area contributed by atoms with Crippen LogP contribution in [0.2, 0.25) is 0 Å². The van der Waals surface area contributed by atoms with Crippen molar-refractivity contribution in [2.45, 2.75) is 103 Å². The average Bonchev–Trinajstić information content (AvgIpc) is 3.54. The second-order valence-electron chi connectivity index (χ2n) is 5.27. The number of benzene rings is 2. The lowest BCUT2D eigenvalue weighted by Gasteiger charge is -1.92. The van der Waals surface area contributed by atoms with Crippen molar-refractivity contribution in [2.24, 2.45) is 0 Å². The molecule has 0 saturated carbocycles. The zero-order valence-electron chi connectivity index (χ0n) is 25.7. The molecule has 4 aromatic rings. The van der Waals surface area contributed by atoms with Gasteiger partial charge in [0.1, 0.15) is 0 Å². The molecule has 0 N–H and O–H groups in total. The number of para-hydroxylation sites is 2. The van der Waals surface area contributed by atoms with Gasteiger partial charge in [0.2, 0.25) is 0 Å². The summed E-state index contributed by atoms with van der Waals surface area (Å²) in [4.78, 5) is 0. The van der Waals surface area contributed by atoms with E-state index in [0.29, 0.717) is 0 Å². The second kappa shape index (κ2) is 36.9. The Morgan fingerprint density at radius 2 is 0.686 bits per heavy atom. The fourth-order valence-electron chi connectivity index (χ4n) is 2.21. The first-order valence-corrected chi connectivity index (χ1v) is 14.8. The molecule has 2 nitrogen and oxygen atoms in total. The van der Waals surface area contributed by atoms with E-state index >= 15 is 0 Å². The van der Waals surface area contributed by atoms with Crippen molar-refractivity contribution < 1.29 is 0 Å². The van der Waals surface area contributed by atoms with Gasteiger partial charge in [-0.1, -0.05) is 140 Å². The molecule has 2 atom stereocenters. The zero-order valence-corrected chi connectivity index (χ0v) is 28.0. The molecule has 2 aromatic carbocycles. The van der Waals surface area contributed by atoms with Crippen LogP contribution < -0.4 is 0 Å². The lowest BCUT2D eigenvalue weighted by Crippen LogP contribution is -1.71. The largest absolute Gasteiger partial charge is 0.332 e. The predicted octanol–water partition coefficient (Wildman–Crippen LogP) is 12.1. The van der Waals surface area contributed by atoms with Gasteiger partial charge in [0.05, 0.1) is 11.0 Å². The van der Waals surface area contributed by atoms with Gasteiger partial charge in [-0.25, -0.2) is 0 Å². The number of fused-ring (bicyclic) bond motifs is 2. The summed E-state index contributed by atoms with van der Waals surface area (Å²) in [5, 5.41) is 2.58. The highest BCUT2D eigenvalue weighted by atomic mass is 31.0. The fraction of sp³-hybridized carbons (Fsp3) is 0.484. The molecule has 204 valence electrons. The van der Waals surface area contributed by atoms with Crippen LogP contribution in [0.3, 0.4) is 0 Å². The van der Waals surface area contributed by atoms with Crippen LogP contribution in [0.25, 0.3) is 21.8 Å². The van der Waals surface area contributed by atoms with Crippen molar-refractivity contribution in [1.82, 2.24) is 8.68 Å². The first-order chi connectivity index (χ1) is 17.2. The smallest absolute Gasteiger partial charge is 0.0509 e. The van der Waals surface area contributed by atoms with Crippen molar-refractivity contribution in [3.63, 3.8) is 0 Å². The molecular formula is C31H60N2P2. The molecule has 4 rings (SSSR count). The number of aromatic nitrogens is 2. The monoisotopic (exact) mass is 522 g/mol. The molecule has 0 saturated heterocycles. The molecule has 4 heteroatoms. The molecule has 0 aliphatic heterocycles. The van der Waals surface area contributed by atoms with Gasteiger partial charge < -0.3 is 8.68 Å². The van der Waals surface area contributed by atoms with Crippen molar-refractivity contribution in [1.29, 1.82) is 0 Å². The van der Waals surface area contributed by atoms with Gasteiger partial charge in [0.15, 0.2) is 0 Å². The molecule has 0 aliphatic carbocycles. The van der Waals surface area contributed by atoms with Crippen molar-refractivity contribution in [2.75, 3.05) is 0 Å². The molecule has 0 fully saturated rings. The van der Waals surface area contributed by atoms with Gasteiger partial charge >= 0.3 is 0 Å². The highest BCUT2D eigenvalue weighted by molar-refractivity contribution is 7.15. The molecule has 2 aromatic heterocycles. The first-order valence-electron chi connectivity index (χ1n) is 13.8. The Balaban J connectivity index is -0.000000112. The van der Waals surface area contributed by atoms with Gasteiger partial charge in [-0.2, -0.15) is 0 Å². The Bertz CT molecular complexity index is 792. The quantitative estimate of drug-likeness (QED) is 0.203. The van der Waals surface area contributed by atoms with E-state index in [0.717, 1.165) is 0 Å². The fourth-order valence-corrected chi connectivity index (χ4v) is 2.85. The minimum Gasteiger partial charge on any atom is -0.332 e. The lowest BCUT2D eigenvalue weighted by atomic mass is 10.3. The molecule has 0 amide bonds. The van der Waals surface area contributed by atoms with E-state index in [1.54, 1.807) is 0 Å². The Morgan fingerprint density at radius 3 is 0.914 bits per heavy atom. The van der Waals surface area contributed by atoms with E-state index in [1.165, 1.54) is 28.2 Å². The van der Waals surface area contributed by atoms with Crippen LogP contribution in [0.15, 0.2) is 73.1 Å². The van der Waals surface area contributed by atoms with E-state index in [9.17, 15) is 0 Å². The number of hydrogen-bond acceptors (Lipinski definition) is 0. The predicted molar refractivity (Wildman–Crippen MR) is 178 cm³/mol. The third-order valence-corrected chi connectivity index (χ3v) is 4.16. The number of nitrogens with zero attached hydrogens (tertiary/aromatic N) is 2. The van der Waals surface area contributed by atoms with Gasteiger partial charge in [0.25, 0.3) is 0 Å². The summed E-state index contributed by atoms with van der Waals surface area (Å²) in [6.45, 7) is 28.2. The Kier molecular flexibility index (Phi) is 45.9. The molecule has 0 spiro atoms. The van der Waals surface area contributed by atoms with Crippen molar-refractivity contribution in [3.05, 3.63) is 73.1 Å². The van der Waals surface area contributed by atoms with Gasteiger partial charge in [0, 0.05) is 12.4 Å². The van der Waals surface area contributed by atoms with Gasteiger partial charge in [-0.15, -0.1) is 0 Å². The Labute approximate surface area is 225 Å². The lowest BCUT2D eigenvalue weighted by molar-refractivity contribution is 1.09. The third kappa shape index (κ3) is 20.3. The van der Waals surface area contributed by atoms with Crippen molar-refractivity contribution >= 4 is 40.6 Å². The normalized spacial score (nSPS) is 7.54. The Morgan fingerprint density at radius 1 is 0.457 bits per heavy atom. The molecular weight excluding hydrogens is 462 g/mol. The molecule has 2 heterocycles. The second-order valence-corrected chi connectivity index (χ2v) is 6.38. The van der Waals surface area contributed by atoms with Gasteiger partial charge in [-0.05, 0) is 53.8 Å². The Hall–Kier alpha value is -1.62. The van der Waals surface area contributed by atoms with E-state index in [1.807, 2.05) is 128 Å². The van der Waals surface area contributed by atoms with Crippen LogP contribution in [-0.2, 0) is 0 Å². The summed E-state index contributed by atoms with van der Waals surface area (Å²) >= 11 is 0. The molecule has 0 aliphatic rings. The summed E-state index contributed by atoms with van der Waals surface area (Å²) in [7, 11) is 5.29. The first kappa shape index (κ1) is 43.5. The SMILES string of the molecule is CC.CC.CC.CC.CC.CC.CCC.Pn1ccc2ccccc21.Pn1ccc2ccccc21. The molecule has 0 bridgehead atoms. The highest BCUT2D eigenvalue weighted by Crippen LogP contribution is 2.17. The van der Waals surface area contributed by atoms with Crippen LogP contribution in [0.4, 0.5) is 0 Å². The summed E-state index contributed by atoms with van der Waals surface area (Å²) in [6, 6.07) is 20.8. The van der Waals surface area contributed by atoms with Crippen molar-refractivity contribution in [3.8, 4) is 0 Å². The standard InChI is InChI=1S/2C8H8NP.C3H8.6C2H6/c2*10-9-6-5-7-3-1-2-4-8(7)9;1-3-2;6*1-2/h2*1-6H,10H2;3H2,1-2H3;6*1-2H3.